The molecular weight excluding hydrogens is 749 g/mol. The molecule has 4 amide bonds. The molecule has 0 spiro atoms. The molecule has 6 aliphatic rings. The molecular formula is C42H54N6O8S. The summed E-state index contributed by atoms with van der Waals surface area (Å²) in [4.78, 5) is 68.3. The Bertz CT molecular complexity index is 2070. The minimum Gasteiger partial charge on any atom is -0.471 e. The molecule has 15 heteroatoms. The van der Waals surface area contributed by atoms with Crippen molar-refractivity contribution < 1.29 is 37.1 Å². The molecule has 0 unspecified atom stereocenters. The number of nitrogens with zero attached hydrogens (tertiary/aromatic N) is 3. The van der Waals surface area contributed by atoms with Crippen molar-refractivity contribution in [2.24, 2.45) is 11.8 Å². The average molecular weight is 803 g/mol. The van der Waals surface area contributed by atoms with Crippen LogP contribution in [0.25, 0.3) is 11.0 Å². The first-order valence-electron chi connectivity index (χ1n) is 20.9. The molecule has 0 radical (unpaired) electrons. The van der Waals surface area contributed by atoms with Crippen LogP contribution in [0, 0.1) is 11.8 Å². The molecule has 4 heterocycles. The topological polar surface area (TPSA) is 186 Å². The zero-order chi connectivity index (χ0) is 39.8. The number of benzene rings is 1. The normalized spacial score (nSPS) is 32.6. The van der Waals surface area contributed by atoms with Gasteiger partial charge in [-0.05, 0) is 95.6 Å². The minimum atomic E-state index is -4.03. The van der Waals surface area contributed by atoms with Crippen LogP contribution in [-0.4, -0.2) is 88.2 Å². The summed E-state index contributed by atoms with van der Waals surface area (Å²) in [5.41, 5.74) is 0.410. The number of rotatable bonds is 3. The Labute approximate surface area is 334 Å². The minimum absolute atomic E-state index is 0.00783. The number of allylic oxidation sites excluding steroid dienone is 1. The number of alkyl carbamates (subject to hydrolysis) is 1. The third kappa shape index (κ3) is 8.13. The molecule has 3 aliphatic carbocycles. The van der Waals surface area contributed by atoms with Gasteiger partial charge in [0.05, 0.1) is 22.3 Å². The van der Waals surface area contributed by atoms with Gasteiger partial charge in [-0.25, -0.2) is 23.2 Å². The van der Waals surface area contributed by atoms with Gasteiger partial charge < -0.3 is 25.0 Å². The number of carbonyl (C=O) groups excluding carboxylic acids is 4. The molecule has 3 aliphatic heterocycles. The van der Waals surface area contributed by atoms with Crippen molar-refractivity contribution in [1.29, 1.82) is 0 Å². The summed E-state index contributed by atoms with van der Waals surface area (Å²) in [6.45, 7) is 1.60. The standard InChI is InChI=1S/C42H54N6O8S/c1-41(23-24-41)57(53,54)47-39(51)42-22-21-28(42)15-7-3-2-4-8-19-33-38(50)48-26-29(25-34(48)36(49)46-42)55-37-32(43-30-16-10-11-17-31(30)44-37)18-9-5-6-13-27-14-12-20-35(27)56-40(52)45-33/h7,10-11,15-17,21-22,27-29,33-35H,2-6,8-9,12-14,18-20,23-26H2,1H3,(H,45,52)(H,46,49)(H,47,51)/b15-7-/t27-,28-,29-,33+,34+,35-,42-/m1/s1. The molecule has 3 bridgehead atoms. The van der Waals surface area contributed by atoms with Crippen molar-refractivity contribution in [2.75, 3.05) is 6.54 Å². The lowest BCUT2D eigenvalue weighted by molar-refractivity contribution is -0.142. The number of sulfonamides is 1. The van der Waals surface area contributed by atoms with Gasteiger partial charge in [-0.1, -0.05) is 62.1 Å². The number of ether oxygens (including phenoxy) is 2. The first kappa shape index (κ1) is 39.3. The number of amides is 4. The largest absolute Gasteiger partial charge is 0.471 e. The van der Waals surface area contributed by atoms with Gasteiger partial charge in [0.1, 0.15) is 35.5 Å². The molecule has 57 heavy (non-hydrogen) atoms. The molecule has 3 fully saturated rings. The van der Waals surface area contributed by atoms with E-state index in [4.69, 9.17) is 19.4 Å². The summed E-state index contributed by atoms with van der Waals surface area (Å²) in [5, 5.41) is 5.80. The maximum absolute atomic E-state index is 14.7. The monoisotopic (exact) mass is 802 g/mol. The van der Waals surface area contributed by atoms with Gasteiger partial charge >= 0.3 is 6.09 Å². The number of aromatic nitrogens is 2. The quantitative estimate of drug-likeness (QED) is 0.360. The zero-order valence-electron chi connectivity index (χ0n) is 32.6. The van der Waals surface area contributed by atoms with Gasteiger partial charge in [0.2, 0.25) is 27.7 Å². The highest BCUT2D eigenvalue weighted by molar-refractivity contribution is 7.91. The highest BCUT2D eigenvalue weighted by atomic mass is 32.2. The molecule has 3 N–H and O–H groups in total. The number of hydrogen-bond acceptors (Lipinski definition) is 10. The predicted octanol–water partition coefficient (Wildman–Crippen LogP) is 4.92. The second kappa shape index (κ2) is 16.0. The first-order chi connectivity index (χ1) is 27.4. The number of fused-ring (bicyclic) bond motifs is 6. The van der Waals surface area contributed by atoms with Crippen LogP contribution in [0.3, 0.4) is 0 Å². The summed E-state index contributed by atoms with van der Waals surface area (Å²) in [6.07, 6.45) is 16.7. The summed E-state index contributed by atoms with van der Waals surface area (Å²) in [6, 6.07) is 5.49. The Balaban J connectivity index is 1.14. The third-order valence-electron chi connectivity index (χ3n) is 13.0. The Morgan fingerprint density at radius 3 is 2.44 bits per heavy atom. The number of para-hydroxylation sites is 2. The fourth-order valence-corrected chi connectivity index (χ4v) is 10.4. The van der Waals surface area contributed by atoms with Gasteiger partial charge in [0.15, 0.2) is 0 Å². The second-order valence-electron chi connectivity index (χ2n) is 17.1. The maximum Gasteiger partial charge on any atom is 0.408 e. The van der Waals surface area contributed by atoms with Gasteiger partial charge in [0.25, 0.3) is 5.91 Å². The maximum atomic E-state index is 14.7. The Kier molecular flexibility index (Phi) is 11.0. The Morgan fingerprint density at radius 1 is 0.912 bits per heavy atom. The van der Waals surface area contributed by atoms with Crippen molar-refractivity contribution in [1.82, 2.24) is 30.2 Å². The highest BCUT2D eigenvalue weighted by Gasteiger charge is 2.56. The number of nitrogens with one attached hydrogen (secondary N) is 3. The summed E-state index contributed by atoms with van der Waals surface area (Å²) >= 11 is 0. The lowest BCUT2D eigenvalue weighted by atomic mass is 9.73. The third-order valence-corrected chi connectivity index (χ3v) is 15.2. The molecule has 7 atom stereocenters. The second-order valence-corrected chi connectivity index (χ2v) is 19.3. The summed E-state index contributed by atoms with van der Waals surface area (Å²) < 4.78 is 40.4. The van der Waals surface area contributed by atoms with Crippen LogP contribution in [0.4, 0.5) is 4.79 Å². The Morgan fingerprint density at radius 2 is 1.67 bits per heavy atom. The molecule has 1 aromatic heterocycles. The van der Waals surface area contributed by atoms with Crippen LogP contribution >= 0.6 is 0 Å². The van der Waals surface area contributed by atoms with Gasteiger partial charge in [-0.3, -0.25) is 19.1 Å². The molecule has 8 rings (SSSR count). The van der Waals surface area contributed by atoms with E-state index in [1.807, 2.05) is 36.4 Å². The van der Waals surface area contributed by atoms with E-state index in [2.05, 4.69) is 15.4 Å². The van der Waals surface area contributed by atoms with Crippen molar-refractivity contribution in [3.05, 3.63) is 54.3 Å². The first-order valence-corrected chi connectivity index (χ1v) is 22.4. The lowest BCUT2D eigenvalue weighted by Gasteiger charge is -2.42. The number of hydrogen-bond donors (Lipinski definition) is 3. The zero-order valence-corrected chi connectivity index (χ0v) is 33.4. The smallest absolute Gasteiger partial charge is 0.408 e. The predicted molar refractivity (Wildman–Crippen MR) is 211 cm³/mol. The number of carbonyl (C=O) groups is 4. The van der Waals surface area contributed by atoms with Crippen molar-refractivity contribution in [3.8, 4) is 5.88 Å². The van der Waals surface area contributed by atoms with E-state index in [0.29, 0.717) is 55.6 Å². The van der Waals surface area contributed by atoms with Crippen LogP contribution < -0.4 is 20.1 Å². The van der Waals surface area contributed by atoms with Gasteiger partial charge in [-0.2, -0.15) is 0 Å². The van der Waals surface area contributed by atoms with Gasteiger partial charge in [0, 0.05) is 12.3 Å². The van der Waals surface area contributed by atoms with E-state index in [0.717, 1.165) is 63.3 Å². The SMILES string of the molecule is CC1(S(=O)(=O)NC(=O)[C@@]23C=C[C@H]2/C=C\CCCCC[C@@H]2NC(=O)O[C@@H]4CCC[C@H]4CCCCCc4nc5ccccc5nc4O[C@@H]4C[C@@H](C(=O)N3)N(C4)C2=O)CC1. The fraction of sp³-hybridized carbons (Fsp3) is 0.619. The summed E-state index contributed by atoms with van der Waals surface area (Å²) in [7, 11) is -4.03. The molecule has 14 nitrogen and oxygen atoms in total. The van der Waals surface area contributed by atoms with E-state index < -0.39 is 68.2 Å². The fourth-order valence-electron chi connectivity index (χ4n) is 9.06. The van der Waals surface area contributed by atoms with Gasteiger partial charge in [-0.15, -0.1) is 0 Å². The molecule has 2 aromatic rings. The van der Waals surface area contributed by atoms with Crippen LogP contribution in [0.5, 0.6) is 5.88 Å². The number of aryl methyl sites for hydroxylation is 1. The van der Waals surface area contributed by atoms with Crippen molar-refractivity contribution in [3.63, 3.8) is 0 Å². The van der Waals surface area contributed by atoms with Crippen LogP contribution in [0.15, 0.2) is 48.6 Å². The molecule has 1 aromatic carbocycles. The lowest BCUT2D eigenvalue weighted by Crippen LogP contribution is -2.67. The van der Waals surface area contributed by atoms with E-state index in [1.54, 1.807) is 13.0 Å². The van der Waals surface area contributed by atoms with Crippen LogP contribution in [0.2, 0.25) is 0 Å². The van der Waals surface area contributed by atoms with Crippen LogP contribution in [-0.2, 0) is 35.6 Å². The molecule has 1 saturated heterocycles. The van der Waals surface area contributed by atoms with E-state index in [9.17, 15) is 27.6 Å². The van der Waals surface area contributed by atoms with E-state index in [1.165, 1.54) is 11.0 Å². The highest BCUT2D eigenvalue weighted by Crippen LogP contribution is 2.43. The molecule has 306 valence electrons. The molecule has 2 saturated carbocycles. The Hall–Kier alpha value is -4.53. The van der Waals surface area contributed by atoms with E-state index >= 15 is 0 Å². The summed E-state index contributed by atoms with van der Waals surface area (Å²) in [5.74, 6) is -1.96. The van der Waals surface area contributed by atoms with Crippen molar-refractivity contribution >= 4 is 44.9 Å². The van der Waals surface area contributed by atoms with Crippen LogP contribution in [0.1, 0.15) is 109 Å². The average Bonchev–Trinajstić information content (AvgIpc) is 3.58. The van der Waals surface area contributed by atoms with E-state index in [-0.39, 0.29) is 25.0 Å². The van der Waals surface area contributed by atoms with Crippen molar-refractivity contribution in [2.45, 2.75) is 144 Å².